The van der Waals surface area contributed by atoms with E-state index >= 15 is 0 Å². The summed E-state index contributed by atoms with van der Waals surface area (Å²) in [6.45, 7) is 0. The number of hydrogen-bond donors (Lipinski definition) is 0. The van der Waals surface area contributed by atoms with E-state index < -0.39 is 0 Å². The first-order valence-corrected chi connectivity index (χ1v) is 25.3. The average Bonchev–Trinajstić information content (AvgIpc) is 4.00. The SMILES string of the molecule is c1ccc(-c2cc(N(c3ccccc3)c3ccc(-n4c5ccccc5c5ccccc54)cc3)c3cc(N(c4ccccc4)c4ccc(-n5c6ccccc6c6ccccc65)cc4)c(-c4ccccc4)cc3c2)cc1. The third-order valence-electron chi connectivity index (χ3n) is 14.6. The van der Waals surface area contributed by atoms with Crippen molar-refractivity contribution >= 4 is 88.5 Å². The van der Waals surface area contributed by atoms with Crippen LogP contribution in [0, 0.1) is 0 Å². The van der Waals surface area contributed by atoms with E-state index in [-0.39, 0.29) is 0 Å². The molecule has 74 heavy (non-hydrogen) atoms. The zero-order valence-corrected chi connectivity index (χ0v) is 40.5. The molecule has 0 atom stereocenters. The van der Waals surface area contributed by atoms with E-state index in [9.17, 15) is 0 Å². The summed E-state index contributed by atoms with van der Waals surface area (Å²) in [7, 11) is 0. The predicted molar refractivity (Wildman–Crippen MR) is 313 cm³/mol. The van der Waals surface area contributed by atoms with Crippen LogP contribution in [0.3, 0.4) is 0 Å². The van der Waals surface area contributed by atoms with Gasteiger partial charge in [-0.1, -0.05) is 170 Å². The Morgan fingerprint density at radius 3 is 1.01 bits per heavy atom. The molecule has 4 heteroatoms. The molecule has 0 unspecified atom stereocenters. The van der Waals surface area contributed by atoms with Crippen molar-refractivity contribution in [2.75, 3.05) is 9.80 Å². The molecule has 12 aromatic carbocycles. The molecule has 0 amide bonds. The number of rotatable bonds is 10. The summed E-state index contributed by atoms with van der Waals surface area (Å²) in [5.41, 5.74) is 17.9. The molecule has 348 valence electrons. The summed E-state index contributed by atoms with van der Waals surface area (Å²) in [5.74, 6) is 0. The van der Waals surface area contributed by atoms with Gasteiger partial charge < -0.3 is 18.9 Å². The molecule has 0 spiro atoms. The maximum absolute atomic E-state index is 2.43. The second-order valence-electron chi connectivity index (χ2n) is 18.9. The number of nitrogens with zero attached hydrogens (tertiary/aromatic N) is 4. The first kappa shape index (κ1) is 42.9. The van der Waals surface area contributed by atoms with Gasteiger partial charge in [-0.15, -0.1) is 0 Å². The van der Waals surface area contributed by atoms with Crippen LogP contribution in [0.25, 0.3) is 88.0 Å². The first-order chi connectivity index (χ1) is 36.7. The minimum absolute atomic E-state index is 1.06. The van der Waals surface area contributed by atoms with Gasteiger partial charge in [0.1, 0.15) is 0 Å². The Morgan fingerprint density at radius 1 is 0.230 bits per heavy atom. The fourth-order valence-corrected chi connectivity index (χ4v) is 11.3. The smallest absolute Gasteiger partial charge is 0.0547 e. The fraction of sp³-hybridized carbons (Fsp3) is 0. The Hall–Kier alpha value is -9.90. The molecule has 0 fully saturated rings. The highest BCUT2D eigenvalue weighted by Gasteiger charge is 2.24. The van der Waals surface area contributed by atoms with E-state index in [1.165, 1.54) is 43.6 Å². The van der Waals surface area contributed by atoms with Crippen LogP contribution in [-0.4, -0.2) is 9.13 Å². The number of fused-ring (bicyclic) bond motifs is 7. The van der Waals surface area contributed by atoms with Gasteiger partial charge in [0.15, 0.2) is 0 Å². The van der Waals surface area contributed by atoms with Crippen molar-refractivity contribution in [1.82, 2.24) is 9.13 Å². The number of anilines is 6. The van der Waals surface area contributed by atoms with Crippen LogP contribution in [0.1, 0.15) is 0 Å². The zero-order valence-electron chi connectivity index (χ0n) is 40.5. The molecule has 2 heterocycles. The average molecular weight is 945 g/mol. The van der Waals surface area contributed by atoms with Crippen LogP contribution in [0.15, 0.2) is 291 Å². The van der Waals surface area contributed by atoms with Crippen LogP contribution in [0.2, 0.25) is 0 Å². The highest BCUT2D eigenvalue weighted by molar-refractivity contribution is 6.11. The van der Waals surface area contributed by atoms with E-state index in [2.05, 4.69) is 310 Å². The van der Waals surface area contributed by atoms with Crippen molar-refractivity contribution in [2.24, 2.45) is 0 Å². The quantitative estimate of drug-likeness (QED) is 0.136. The molecule has 0 aliphatic heterocycles. The van der Waals surface area contributed by atoms with Gasteiger partial charge in [-0.2, -0.15) is 0 Å². The van der Waals surface area contributed by atoms with Crippen molar-refractivity contribution < 1.29 is 0 Å². The van der Waals surface area contributed by atoms with E-state index in [4.69, 9.17) is 0 Å². The summed E-state index contributed by atoms with van der Waals surface area (Å²) in [6, 6.07) is 106. The summed E-state index contributed by atoms with van der Waals surface area (Å²) in [4.78, 5) is 4.86. The molecule has 0 aliphatic rings. The van der Waals surface area contributed by atoms with Crippen LogP contribution < -0.4 is 9.80 Å². The van der Waals surface area contributed by atoms with Crippen LogP contribution in [0.4, 0.5) is 34.1 Å². The molecule has 14 aromatic rings. The van der Waals surface area contributed by atoms with E-state index in [0.717, 1.165) is 78.5 Å². The van der Waals surface area contributed by atoms with Crippen molar-refractivity contribution in [3.05, 3.63) is 291 Å². The van der Waals surface area contributed by atoms with Crippen molar-refractivity contribution in [3.8, 4) is 33.6 Å². The van der Waals surface area contributed by atoms with Gasteiger partial charge in [-0.3, -0.25) is 0 Å². The van der Waals surface area contributed by atoms with Gasteiger partial charge in [0.05, 0.1) is 33.4 Å². The molecule has 14 rings (SSSR count). The molecule has 0 aliphatic carbocycles. The Kier molecular flexibility index (Phi) is 10.5. The second kappa shape index (κ2) is 18.1. The topological polar surface area (TPSA) is 16.3 Å². The lowest BCUT2D eigenvalue weighted by Gasteiger charge is -2.31. The second-order valence-corrected chi connectivity index (χ2v) is 18.9. The molecule has 0 saturated carbocycles. The predicted octanol–water partition coefficient (Wildman–Crippen LogP) is 19.3. The third kappa shape index (κ3) is 7.31. The Balaban J connectivity index is 0.998. The van der Waals surface area contributed by atoms with Crippen LogP contribution >= 0.6 is 0 Å². The minimum atomic E-state index is 1.06. The van der Waals surface area contributed by atoms with Crippen molar-refractivity contribution in [1.29, 1.82) is 0 Å². The number of hydrogen-bond acceptors (Lipinski definition) is 2. The van der Waals surface area contributed by atoms with Gasteiger partial charge in [0, 0.05) is 66.6 Å². The van der Waals surface area contributed by atoms with Crippen LogP contribution in [0.5, 0.6) is 0 Å². The van der Waals surface area contributed by atoms with Crippen molar-refractivity contribution in [3.63, 3.8) is 0 Å². The Morgan fingerprint density at radius 2 is 0.581 bits per heavy atom. The molecule has 2 aromatic heterocycles. The minimum Gasteiger partial charge on any atom is -0.310 e. The van der Waals surface area contributed by atoms with Gasteiger partial charge in [0.25, 0.3) is 0 Å². The Labute approximate surface area is 430 Å². The normalized spacial score (nSPS) is 11.5. The standard InChI is InChI=1S/C70H48N4/c1-5-21-49(22-6-1)51-45-52-46-63(50-23-7-2-8-24-50)70(72(54-27-11-4-12-28-54)56-39-43-58(44-40-56)74-67-35-19-15-31-61(67)62-32-16-20-36-68(62)74)48-64(52)69(47-51)71(53-25-9-3-10-26-53)55-37-41-57(42-38-55)73-65-33-17-13-29-59(65)60-30-14-18-34-66(60)73/h1-48H. The molecule has 0 saturated heterocycles. The lowest BCUT2D eigenvalue weighted by molar-refractivity contribution is 1.17. The molecular formula is C70H48N4. The number of aromatic nitrogens is 2. The maximum atomic E-state index is 2.43. The fourth-order valence-electron chi connectivity index (χ4n) is 11.3. The summed E-state index contributed by atoms with van der Waals surface area (Å²) in [5, 5.41) is 7.25. The largest absolute Gasteiger partial charge is 0.310 e. The van der Waals surface area contributed by atoms with E-state index in [0.29, 0.717) is 0 Å². The number of benzene rings is 12. The summed E-state index contributed by atoms with van der Waals surface area (Å²) >= 11 is 0. The molecule has 0 radical (unpaired) electrons. The molecular weight excluding hydrogens is 897 g/mol. The first-order valence-electron chi connectivity index (χ1n) is 25.3. The van der Waals surface area contributed by atoms with Crippen LogP contribution in [-0.2, 0) is 0 Å². The lowest BCUT2D eigenvalue weighted by Crippen LogP contribution is -2.13. The number of para-hydroxylation sites is 6. The highest BCUT2D eigenvalue weighted by atomic mass is 15.2. The maximum Gasteiger partial charge on any atom is 0.0547 e. The summed E-state index contributed by atoms with van der Waals surface area (Å²) < 4.78 is 4.77. The van der Waals surface area contributed by atoms with E-state index in [1.54, 1.807) is 0 Å². The molecule has 0 bridgehead atoms. The van der Waals surface area contributed by atoms with E-state index in [1.807, 2.05) is 0 Å². The van der Waals surface area contributed by atoms with Crippen molar-refractivity contribution in [2.45, 2.75) is 0 Å². The highest BCUT2D eigenvalue weighted by Crippen LogP contribution is 2.48. The van der Waals surface area contributed by atoms with Gasteiger partial charge in [-0.25, -0.2) is 0 Å². The molecule has 4 nitrogen and oxygen atoms in total. The lowest BCUT2D eigenvalue weighted by atomic mass is 9.93. The van der Waals surface area contributed by atoms with Gasteiger partial charge in [-0.05, 0) is 143 Å². The monoisotopic (exact) mass is 944 g/mol. The van der Waals surface area contributed by atoms with Gasteiger partial charge >= 0.3 is 0 Å². The zero-order chi connectivity index (χ0) is 49.0. The Bertz CT molecular complexity index is 4230. The third-order valence-corrected chi connectivity index (χ3v) is 14.6. The molecule has 0 N–H and O–H groups in total. The van der Waals surface area contributed by atoms with Gasteiger partial charge in [0.2, 0.25) is 0 Å². The summed E-state index contributed by atoms with van der Waals surface area (Å²) in [6.07, 6.45) is 0.